The maximum Gasteiger partial charge on any atom is 0.416 e. The van der Waals surface area contributed by atoms with Gasteiger partial charge in [-0.05, 0) is 86.7 Å². The van der Waals surface area contributed by atoms with E-state index in [1.165, 1.54) is 18.2 Å². The molecule has 0 spiro atoms. The predicted molar refractivity (Wildman–Crippen MR) is 122 cm³/mol. The molecule has 2 fully saturated rings. The van der Waals surface area contributed by atoms with E-state index in [1.54, 1.807) is 12.1 Å². The Labute approximate surface area is 192 Å². The third-order valence-electron chi connectivity index (χ3n) is 7.14. The molecule has 1 heterocycles. The van der Waals surface area contributed by atoms with Crippen molar-refractivity contribution < 1.29 is 23.1 Å². The number of piperidine rings is 1. The van der Waals surface area contributed by atoms with E-state index in [2.05, 4.69) is 23.3 Å². The second-order valence-electron chi connectivity index (χ2n) is 9.36. The molecule has 7 heteroatoms. The SMILES string of the molecule is CN1CCC2(c3cccc(O)c3)CC(NC(=O)/C=C/c3cccc(C(F)(F)F)c3)CCC2C1. The molecule has 1 saturated carbocycles. The second kappa shape index (κ2) is 9.21. The summed E-state index contributed by atoms with van der Waals surface area (Å²) in [6, 6.07) is 12.3. The van der Waals surface area contributed by atoms with Crippen LogP contribution in [0.4, 0.5) is 13.2 Å². The fraction of sp³-hybridized carbons (Fsp3) is 0.423. The average molecular weight is 459 g/mol. The monoisotopic (exact) mass is 458 g/mol. The van der Waals surface area contributed by atoms with Crippen LogP contribution in [0.5, 0.6) is 5.75 Å². The molecule has 0 aromatic heterocycles. The number of halogens is 3. The number of fused-ring (bicyclic) bond motifs is 1. The number of likely N-dealkylation sites (tertiary alicyclic amines) is 1. The number of aromatic hydroxyl groups is 1. The molecule has 1 aliphatic heterocycles. The summed E-state index contributed by atoms with van der Waals surface area (Å²) in [4.78, 5) is 14.9. The minimum Gasteiger partial charge on any atom is -0.508 e. The minimum atomic E-state index is -4.42. The smallest absolute Gasteiger partial charge is 0.416 e. The van der Waals surface area contributed by atoms with Gasteiger partial charge in [0.1, 0.15) is 5.75 Å². The van der Waals surface area contributed by atoms with Gasteiger partial charge in [0.15, 0.2) is 0 Å². The van der Waals surface area contributed by atoms with Gasteiger partial charge in [0.25, 0.3) is 0 Å². The fourth-order valence-electron chi connectivity index (χ4n) is 5.49. The lowest BCUT2D eigenvalue weighted by Gasteiger charge is -2.52. The lowest BCUT2D eigenvalue weighted by atomic mass is 9.58. The van der Waals surface area contributed by atoms with Crippen molar-refractivity contribution >= 4 is 12.0 Å². The summed E-state index contributed by atoms with van der Waals surface area (Å²) in [6.07, 6.45) is 1.83. The number of carbonyl (C=O) groups is 1. The molecule has 2 aromatic rings. The van der Waals surface area contributed by atoms with Gasteiger partial charge in [-0.3, -0.25) is 4.79 Å². The molecule has 176 valence electrons. The van der Waals surface area contributed by atoms with E-state index in [0.29, 0.717) is 11.5 Å². The first kappa shape index (κ1) is 23.4. The van der Waals surface area contributed by atoms with E-state index in [-0.39, 0.29) is 23.1 Å². The number of hydrogen-bond acceptors (Lipinski definition) is 3. The molecule has 4 nitrogen and oxygen atoms in total. The van der Waals surface area contributed by atoms with E-state index >= 15 is 0 Å². The van der Waals surface area contributed by atoms with Crippen molar-refractivity contribution in [3.63, 3.8) is 0 Å². The highest BCUT2D eigenvalue weighted by Gasteiger charge is 2.47. The summed E-state index contributed by atoms with van der Waals surface area (Å²) >= 11 is 0. The average Bonchev–Trinajstić information content (AvgIpc) is 2.77. The standard InChI is InChI=1S/C26H29F3N2O2/c1-31-13-12-25(19-5-3-7-23(32)15-19)16-22(10-9-21(25)17-31)30-24(33)11-8-18-4-2-6-20(14-18)26(27,28)29/h2-8,11,14-15,21-22,32H,9-10,12-13,16-17H2,1H3,(H,30,33)/b11-8+. The number of rotatable bonds is 4. The zero-order chi connectivity index (χ0) is 23.6. The van der Waals surface area contributed by atoms with E-state index < -0.39 is 11.7 Å². The zero-order valence-corrected chi connectivity index (χ0v) is 18.6. The molecule has 2 aliphatic rings. The largest absolute Gasteiger partial charge is 0.508 e. The van der Waals surface area contributed by atoms with E-state index in [9.17, 15) is 23.1 Å². The molecule has 3 atom stereocenters. The summed E-state index contributed by atoms with van der Waals surface area (Å²) < 4.78 is 38.7. The molecule has 33 heavy (non-hydrogen) atoms. The normalized spacial score (nSPS) is 26.2. The molecule has 1 saturated heterocycles. The molecular weight excluding hydrogens is 429 g/mol. The van der Waals surface area contributed by atoms with Gasteiger partial charge in [-0.1, -0.05) is 24.3 Å². The maximum atomic E-state index is 12.9. The van der Waals surface area contributed by atoms with Crippen molar-refractivity contribution in [2.75, 3.05) is 20.1 Å². The Morgan fingerprint density at radius 2 is 1.97 bits per heavy atom. The Morgan fingerprint density at radius 3 is 2.73 bits per heavy atom. The van der Waals surface area contributed by atoms with Gasteiger partial charge < -0.3 is 15.3 Å². The number of nitrogens with zero attached hydrogens (tertiary/aromatic N) is 1. The van der Waals surface area contributed by atoms with Crippen LogP contribution in [0.3, 0.4) is 0 Å². The van der Waals surface area contributed by atoms with Crippen LogP contribution in [-0.2, 0) is 16.4 Å². The summed E-state index contributed by atoms with van der Waals surface area (Å²) in [5.41, 5.74) is 0.583. The zero-order valence-electron chi connectivity index (χ0n) is 18.6. The van der Waals surface area contributed by atoms with Crippen LogP contribution < -0.4 is 5.32 Å². The first-order valence-corrected chi connectivity index (χ1v) is 11.3. The van der Waals surface area contributed by atoms with Gasteiger partial charge in [-0.25, -0.2) is 0 Å². The molecule has 0 bridgehead atoms. The first-order valence-electron chi connectivity index (χ1n) is 11.3. The lowest BCUT2D eigenvalue weighted by molar-refractivity contribution is -0.137. The summed E-state index contributed by atoms with van der Waals surface area (Å²) in [6.45, 7) is 1.92. The maximum absolute atomic E-state index is 12.9. The molecule has 0 radical (unpaired) electrons. The summed E-state index contributed by atoms with van der Waals surface area (Å²) in [5.74, 6) is 0.372. The van der Waals surface area contributed by atoms with Crippen LogP contribution in [0.2, 0.25) is 0 Å². The van der Waals surface area contributed by atoms with E-state index in [4.69, 9.17) is 0 Å². The van der Waals surface area contributed by atoms with Crippen LogP contribution in [0.15, 0.2) is 54.6 Å². The minimum absolute atomic E-state index is 0.0364. The van der Waals surface area contributed by atoms with Crippen molar-refractivity contribution in [2.45, 2.75) is 43.3 Å². The molecular formula is C26H29F3N2O2. The quantitative estimate of drug-likeness (QED) is 0.636. The summed E-state index contributed by atoms with van der Waals surface area (Å²) in [7, 11) is 2.12. The third kappa shape index (κ3) is 5.24. The van der Waals surface area contributed by atoms with Gasteiger partial charge in [0.2, 0.25) is 5.91 Å². The lowest BCUT2D eigenvalue weighted by Crippen LogP contribution is -2.55. The van der Waals surface area contributed by atoms with E-state index in [0.717, 1.165) is 56.5 Å². The van der Waals surface area contributed by atoms with E-state index in [1.807, 2.05) is 12.1 Å². The van der Waals surface area contributed by atoms with Crippen molar-refractivity contribution in [1.82, 2.24) is 10.2 Å². The van der Waals surface area contributed by atoms with Crippen molar-refractivity contribution in [3.05, 3.63) is 71.3 Å². The first-order chi connectivity index (χ1) is 15.7. The van der Waals surface area contributed by atoms with Crippen LogP contribution in [0.1, 0.15) is 42.4 Å². The second-order valence-corrected chi connectivity index (χ2v) is 9.36. The number of phenols is 1. The van der Waals surface area contributed by atoms with Gasteiger partial charge in [0.05, 0.1) is 5.56 Å². The van der Waals surface area contributed by atoms with Gasteiger partial charge in [-0.2, -0.15) is 13.2 Å². The van der Waals surface area contributed by atoms with Crippen LogP contribution >= 0.6 is 0 Å². The number of nitrogens with one attached hydrogen (secondary N) is 1. The van der Waals surface area contributed by atoms with Crippen molar-refractivity contribution in [2.24, 2.45) is 5.92 Å². The highest BCUT2D eigenvalue weighted by atomic mass is 19.4. The number of phenolic OH excluding ortho intramolecular Hbond substituents is 1. The van der Waals surface area contributed by atoms with Crippen LogP contribution in [0, 0.1) is 5.92 Å². The highest BCUT2D eigenvalue weighted by molar-refractivity contribution is 5.91. The van der Waals surface area contributed by atoms with Crippen molar-refractivity contribution in [3.8, 4) is 5.75 Å². The molecule has 1 aliphatic carbocycles. The van der Waals surface area contributed by atoms with Gasteiger partial charge in [0, 0.05) is 24.1 Å². The van der Waals surface area contributed by atoms with Gasteiger partial charge >= 0.3 is 6.18 Å². The van der Waals surface area contributed by atoms with Crippen molar-refractivity contribution in [1.29, 1.82) is 0 Å². The molecule has 2 N–H and O–H groups in total. The number of hydrogen-bond donors (Lipinski definition) is 2. The Bertz CT molecular complexity index is 1040. The third-order valence-corrected chi connectivity index (χ3v) is 7.14. The highest BCUT2D eigenvalue weighted by Crippen LogP contribution is 2.49. The number of amides is 1. The topological polar surface area (TPSA) is 52.6 Å². The molecule has 3 unspecified atom stereocenters. The number of alkyl halides is 3. The van der Waals surface area contributed by atoms with Crippen LogP contribution in [0.25, 0.3) is 6.08 Å². The Kier molecular flexibility index (Phi) is 6.52. The predicted octanol–water partition coefficient (Wildman–Crippen LogP) is 4.98. The molecule has 2 aromatic carbocycles. The summed E-state index contributed by atoms with van der Waals surface area (Å²) in [5, 5.41) is 13.1. The Balaban J connectivity index is 1.48. The Hall–Kier alpha value is -2.80. The molecule has 1 amide bonds. The fourth-order valence-corrected chi connectivity index (χ4v) is 5.49. The number of benzene rings is 2. The molecule has 4 rings (SSSR count). The Morgan fingerprint density at radius 1 is 1.18 bits per heavy atom. The van der Waals surface area contributed by atoms with Gasteiger partial charge in [-0.15, -0.1) is 0 Å². The van der Waals surface area contributed by atoms with Crippen LogP contribution in [-0.4, -0.2) is 42.1 Å². The number of carbonyl (C=O) groups excluding carboxylic acids is 1.